The zero-order valence-corrected chi connectivity index (χ0v) is 36.3. The molecule has 13 nitrogen and oxygen atoms in total. The zero-order chi connectivity index (χ0) is 42.2. The van der Waals surface area contributed by atoms with Crippen LogP contribution in [0, 0.1) is 0 Å². The summed E-state index contributed by atoms with van der Waals surface area (Å²) in [5, 5.41) is 50.0. The van der Waals surface area contributed by atoms with Gasteiger partial charge in [-0.3, -0.25) is 14.2 Å². The highest BCUT2D eigenvalue weighted by Gasteiger charge is 2.50. The summed E-state index contributed by atoms with van der Waals surface area (Å²) in [4.78, 5) is 37.9. The van der Waals surface area contributed by atoms with Crippen molar-refractivity contribution < 1.29 is 63.1 Å². The Hall–Kier alpha value is -1.41. The summed E-state index contributed by atoms with van der Waals surface area (Å²) < 4.78 is 33.1. The van der Waals surface area contributed by atoms with Gasteiger partial charge in [0.15, 0.2) is 6.10 Å². The van der Waals surface area contributed by atoms with E-state index in [9.17, 15) is 44.6 Å². The number of unbranched alkanes of at least 4 members (excludes halogenated alkanes) is 23. The highest BCUT2D eigenvalue weighted by Crippen LogP contribution is 2.43. The highest BCUT2D eigenvalue weighted by molar-refractivity contribution is 7.45. The van der Waals surface area contributed by atoms with Crippen LogP contribution in [0.1, 0.15) is 194 Å². The Morgan fingerprint density at radius 1 is 0.544 bits per heavy atom. The Bertz CT molecular complexity index is 1060. The van der Waals surface area contributed by atoms with Crippen LogP contribution in [0.5, 0.6) is 0 Å². The molecule has 0 amide bonds. The third kappa shape index (κ3) is 27.1. The monoisotopic (exact) mass is 836 g/mol. The maximum absolute atomic E-state index is 12.7. The van der Waals surface area contributed by atoms with Crippen molar-refractivity contribution in [1.29, 1.82) is 0 Å². The standard InChI is InChI=1S/C43H81O13P/c1-3-5-7-9-11-13-15-17-18-20-22-24-26-28-30-32-37(45)55-35(34-54-57(51,52)56-43-41(49)39(47)38(46)40(48)42(43)50)33-53-36(44)31-29-27-25-23-21-19-16-14-12-10-8-6-4-2/h17-18,35,38-43,46-50H,3-16,19-34H2,1-2H3,(H,51,52)/p-1/b18-17-/t35-,38?,39-,40+,41-,42-,43?/m1/s1. The van der Waals surface area contributed by atoms with Crippen LogP contribution in [0.3, 0.4) is 0 Å². The molecule has 0 bridgehead atoms. The van der Waals surface area contributed by atoms with E-state index in [1.54, 1.807) is 0 Å². The van der Waals surface area contributed by atoms with Crippen LogP contribution >= 0.6 is 7.82 Å². The quantitative estimate of drug-likeness (QED) is 0.0176. The minimum atomic E-state index is -5.36. The van der Waals surface area contributed by atoms with Crippen LogP contribution < -0.4 is 4.89 Å². The molecule has 0 heterocycles. The molecule has 57 heavy (non-hydrogen) atoms. The van der Waals surface area contributed by atoms with Crippen LogP contribution in [0.15, 0.2) is 12.2 Å². The van der Waals surface area contributed by atoms with E-state index in [0.717, 1.165) is 57.8 Å². The van der Waals surface area contributed by atoms with Gasteiger partial charge in [0.25, 0.3) is 7.82 Å². The number of hydrogen-bond acceptors (Lipinski definition) is 13. The van der Waals surface area contributed by atoms with Crippen LogP contribution in [0.2, 0.25) is 0 Å². The van der Waals surface area contributed by atoms with Gasteiger partial charge in [0.1, 0.15) is 43.2 Å². The topological polar surface area (TPSA) is 212 Å². The van der Waals surface area contributed by atoms with Crippen molar-refractivity contribution in [3.05, 3.63) is 12.2 Å². The lowest BCUT2D eigenvalue weighted by atomic mass is 9.85. The summed E-state index contributed by atoms with van der Waals surface area (Å²) in [5.74, 6) is -1.14. The Morgan fingerprint density at radius 3 is 1.35 bits per heavy atom. The number of carbonyl (C=O) groups is 2. The van der Waals surface area contributed by atoms with E-state index in [1.807, 2.05) is 0 Å². The molecule has 1 rings (SSSR count). The number of allylic oxidation sites excluding steroid dienone is 2. The van der Waals surface area contributed by atoms with Crippen molar-refractivity contribution in [3.8, 4) is 0 Å². The van der Waals surface area contributed by atoms with Gasteiger partial charge >= 0.3 is 11.9 Å². The van der Waals surface area contributed by atoms with E-state index in [1.165, 1.54) is 96.3 Å². The lowest BCUT2D eigenvalue weighted by molar-refractivity contribution is -0.261. The first-order chi connectivity index (χ1) is 27.4. The first-order valence-electron chi connectivity index (χ1n) is 22.5. The smallest absolute Gasteiger partial charge is 0.306 e. The molecule has 1 aliphatic carbocycles. The van der Waals surface area contributed by atoms with Crippen LogP contribution in [-0.4, -0.2) is 93.4 Å². The number of phosphoric ester groups is 1. The molecular weight excluding hydrogens is 755 g/mol. The summed E-state index contributed by atoms with van der Waals surface area (Å²) in [6.07, 6.45) is 20.8. The van der Waals surface area contributed by atoms with E-state index in [0.29, 0.717) is 12.8 Å². The first-order valence-corrected chi connectivity index (χ1v) is 23.9. The lowest BCUT2D eigenvalue weighted by Gasteiger charge is -2.43. The van der Waals surface area contributed by atoms with Gasteiger partial charge in [0.2, 0.25) is 0 Å². The number of rotatable bonds is 37. The van der Waals surface area contributed by atoms with Gasteiger partial charge in [0.05, 0.1) is 6.61 Å². The molecule has 336 valence electrons. The minimum absolute atomic E-state index is 0.0751. The molecule has 0 radical (unpaired) electrons. The fourth-order valence-corrected chi connectivity index (χ4v) is 7.88. The maximum atomic E-state index is 12.7. The van der Waals surface area contributed by atoms with Crippen molar-refractivity contribution >= 4 is 19.8 Å². The SMILES string of the molecule is CCCCCCCC/C=C\CCCCCCCC(=O)O[C@H](COC(=O)CCCCCCCCCCCCCCC)COP(=O)([O-])OC1[C@H](O)[C@H](O)C(O)[C@H](O)[C@H]1O. The Morgan fingerprint density at radius 2 is 0.912 bits per heavy atom. The second kappa shape index (κ2) is 34.3. The average Bonchev–Trinajstić information content (AvgIpc) is 3.19. The number of phosphoric acid groups is 1. The summed E-state index contributed by atoms with van der Waals surface area (Å²) in [6, 6.07) is 0. The van der Waals surface area contributed by atoms with Gasteiger partial charge in [-0.25, -0.2) is 0 Å². The van der Waals surface area contributed by atoms with E-state index in [4.69, 9.17) is 18.5 Å². The van der Waals surface area contributed by atoms with Crippen molar-refractivity contribution in [2.75, 3.05) is 13.2 Å². The van der Waals surface area contributed by atoms with E-state index in [2.05, 4.69) is 26.0 Å². The third-order valence-corrected chi connectivity index (χ3v) is 11.6. The van der Waals surface area contributed by atoms with Crippen molar-refractivity contribution in [3.63, 3.8) is 0 Å². The van der Waals surface area contributed by atoms with Gasteiger partial charge in [-0.2, -0.15) is 0 Å². The largest absolute Gasteiger partial charge is 0.756 e. The summed E-state index contributed by atoms with van der Waals surface area (Å²) in [7, 11) is -5.36. The van der Waals surface area contributed by atoms with Crippen molar-refractivity contribution in [1.82, 2.24) is 0 Å². The minimum Gasteiger partial charge on any atom is -0.756 e. The molecule has 1 fully saturated rings. The summed E-state index contributed by atoms with van der Waals surface area (Å²) >= 11 is 0. The van der Waals surface area contributed by atoms with Crippen molar-refractivity contribution in [2.24, 2.45) is 0 Å². The number of esters is 2. The zero-order valence-electron chi connectivity index (χ0n) is 35.4. The first kappa shape index (κ1) is 53.6. The molecule has 1 aliphatic rings. The number of aliphatic hydroxyl groups excluding tert-OH is 5. The van der Waals surface area contributed by atoms with Crippen LogP contribution in [-0.2, 0) is 32.7 Å². The number of aliphatic hydroxyl groups is 5. The van der Waals surface area contributed by atoms with E-state index < -0.39 is 75.7 Å². The predicted molar refractivity (Wildman–Crippen MR) is 219 cm³/mol. The third-order valence-electron chi connectivity index (χ3n) is 10.6. The van der Waals surface area contributed by atoms with Gasteiger partial charge in [0, 0.05) is 12.8 Å². The average molecular weight is 836 g/mol. The molecule has 0 aromatic rings. The van der Waals surface area contributed by atoms with Crippen LogP contribution in [0.4, 0.5) is 0 Å². The Labute approximate surface area is 343 Å². The van der Waals surface area contributed by atoms with Gasteiger partial charge in [-0.15, -0.1) is 0 Å². The van der Waals surface area contributed by atoms with Gasteiger partial charge in [-0.05, 0) is 38.5 Å². The Kier molecular flexibility index (Phi) is 32.3. The second-order valence-corrected chi connectivity index (χ2v) is 17.3. The molecule has 0 aliphatic heterocycles. The summed E-state index contributed by atoms with van der Waals surface area (Å²) in [5.41, 5.74) is 0. The molecule has 0 aromatic carbocycles. The highest BCUT2D eigenvalue weighted by atomic mass is 31.2. The lowest BCUT2D eigenvalue weighted by Crippen LogP contribution is -2.64. The maximum Gasteiger partial charge on any atom is 0.306 e. The molecule has 14 heteroatoms. The molecule has 0 spiro atoms. The fraction of sp³-hybridized carbons (Fsp3) is 0.907. The number of hydrogen-bond donors (Lipinski definition) is 5. The van der Waals surface area contributed by atoms with E-state index in [-0.39, 0.29) is 12.8 Å². The molecule has 8 atom stereocenters. The summed E-state index contributed by atoms with van der Waals surface area (Å²) in [6.45, 7) is 3.19. The molecular formula is C43H80O13P-. The predicted octanol–water partition coefficient (Wildman–Crippen LogP) is 7.65. The molecule has 0 saturated heterocycles. The molecule has 3 unspecified atom stereocenters. The van der Waals surface area contributed by atoms with Gasteiger partial charge < -0.3 is 48.9 Å². The van der Waals surface area contributed by atoms with Crippen molar-refractivity contribution in [2.45, 2.75) is 236 Å². The second-order valence-electron chi connectivity index (χ2n) is 15.9. The van der Waals surface area contributed by atoms with Gasteiger partial charge in [-0.1, -0.05) is 154 Å². The molecule has 0 aromatic heterocycles. The normalized spacial score (nSPS) is 22.7. The van der Waals surface area contributed by atoms with E-state index >= 15 is 0 Å². The number of carbonyl (C=O) groups excluding carboxylic acids is 2. The molecule has 1 saturated carbocycles. The Balaban J connectivity index is 2.48. The molecule has 5 N–H and O–H groups in total. The fourth-order valence-electron chi connectivity index (χ4n) is 6.92. The van der Waals surface area contributed by atoms with Crippen LogP contribution in [0.25, 0.3) is 0 Å². The number of ether oxygens (including phenoxy) is 2.